The van der Waals surface area contributed by atoms with Crippen LogP contribution in [0.5, 0.6) is 5.75 Å². The number of hydrogen-bond donors (Lipinski definition) is 1. The van der Waals surface area contributed by atoms with Crippen LogP contribution in [0.1, 0.15) is 18.9 Å². The van der Waals surface area contributed by atoms with Crippen LogP contribution >= 0.6 is 0 Å². The number of para-hydroxylation sites is 1. The van der Waals surface area contributed by atoms with Gasteiger partial charge in [0.25, 0.3) is 0 Å². The molecule has 1 aliphatic heterocycles. The lowest BCUT2D eigenvalue weighted by atomic mass is 10.2. The molecule has 6 heteroatoms. The number of likely N-dealkylation sites (tertiary alicyclic amines) is 1. The van der Waals surface area contributed by atoms with E-state index in [1.165, 1.54) is 0 Å². The van der Waals surface area contributed by atoms with E-state index in [9.17, 15) is 8.42 Å². The predicted molar refractivity (Wildman–Crippen MR) is 89.5 cm³/mol. The number of ether oxygens (including phenoxy) is 1. The van der Waals surface area contributed by atoms with Crippen molar-refractivity contribution in [3.05, 3.63) is 35.9 Å². The van der Waals surface area contributed by atoms with Crippen molar-refractivity contribution in [3.63, 3.8) is 0 Å². The van der Waals surface area contributed by atoms with Gasteiger partial charge in [0.1, 0.15) is 5.75 Å². The molecule has 1 N–H and O–H groups in total. The number of hydrogen-bond acceptors (Lipinski definition) is 4. The zero-order valence-electron chi connectivity index (χ0n) is 13.2. The van der Waals surface area contributed by atoms with Gasteiger partial charge in [-0.25, -0.2) is 13.1 Å². The maximum Gasteiger partial charge on any atom is 0.215 e. The molecule has 0 aromatic heterocycles. The smallest absolute Gasteiger partial charge is 0.215 e. The third kappa shape index (κ3) is 4.32. The third-order valence-corrected chi connectivity index (χ3v) is 5.77. The fraction of sp³-hybridized carbons (Fsp3) is 0.500. The molecular formula is C16H24N2O3S. The van der Waals surface area contributed by atoms with Crippen LogP contribution in [0, 0.1) is 0 Å². The molecule has 0 bridgehead atoms. The molecule has 1 aromatic carbocycles. The van der Waals surface area contributed by atoms with Crippen LogP contribution in [0.2, 0.25) is 0 Å². The molecule has 22 heavy (non-hydrogen) atoms. The molecule has 1 saturated heterocycles. The Kier molecular flexibility index (Phi) is 5.99. The first-order valence-electron chi connectivity index (χ1n) is 7.57. The molecule has 1 heterocycles. The van der Waals surface area contributed by atoms with Crippen molar-refractivity contribution in [2.45, 2.75) is 18.6 Å². The summed E-state index contributed by atoms with van der Waals surface area (Å²) in [4.78, 5) is 2.16. The minimum atomic E-state index is -3.17. The van der Waals surface area contributed by atoms with Gasteiger partial charge >= 0.3 is 0 Å². The summed E-state index contributed by atoms with van der Waals surface area (Å²) in [7, 11) is -1.51. The Balaban J connectivity index is 1.90. The molecule has 0 spiro atoms. The topological polar surface area (TPSA) is 58.6 Å². The molecular weight excluding hydrogens is 300 g/mol. The molecule has 122 valence electrons. The Labute approximate surface area is 133 Å². The predicted octanol–water partition coefficient (Wildman–Crippen LogP) is 1.72. The largest absolute Gasteiger partial charge is 0.496 e. The molecule has 1 aliphatic rings. The van der Waals surface area contributed by atoms with Crippen molar-refractivity contribution in [2.75, 3.05) is 33.3 Å². The van der Waals surface area contributed by atoms with E-state index in [4.69, 9.17) is 4.74 Å². The average molecular weight is 324 g/mol. The number of sulfonamides is 1. The van der Waals surface area contributed by atoms with Gasteiger partial charge in [-0.3, -0.25) is 4.90 Å². The van der Waals surface area contributed by atoms with Gasteiger partial charge in [-0.1, -0.05) is 37.3 Å². The molecule has 0 aliphatic carbocycles. The average Bonchev–Trinajstić information content (AvgIpc) is 2.97. The molecule has 2 rings (SSSR count). The number of methoxy groups -OCH3 is 1. The molecule has 1 atom stereocenters. The summed E-state index contributed by atoms with van der Waals surface area (Å²) in [5.41, 5.74) is 1.03. The number of benzene rings is 1. The number of nitrogens with one attached hydrogen (secondary N) is 1. The van der Waals surface area contributed by atoms with Crippen LogP contribution in [0.3, 0.4) is 0 Å². The second-order valence-electron chi connectivity index (χ2n) is 5.36. The van der Waals surface area contributed by atoms with E-state index in [1.54, 1.807) is 14.0 Å². The fourth-order valence-electron chi connectivity index (χ4n) is 2.67. The van der Waals surface area contributed by atoms with E-state index in [1.807, 2.05) is 30.3 Å². The van der Waals surface area contributed by atoms with Crippen molar-refractivity contribution in [2.24, 2.45) is 0 Å². The van der Waals surface area contributed by atoms with Crippen molar-refractivity contribution >= 4 is 16.1 Å². The highest BCUT2D eigenvalue weighted by molar-refractivity contribution is 7.90. The lowest BCUT2D eigenvalue weighted by Gasteiger charge is -2.14. The minimum absolute atomic E-state index is 0.299. The Hall–Kier alpha value is -1.37. The van der Waals surface area contributed by atoms with Crippen LogP contribution < -0.4 is 9.46 Å². The normalized spacial score (nSPS) is 19.8. The zero-order valence-corrected chi connectivity index (χ0v) is 14.0. The fourth-order valence-corrected chi connectivity index (χ4v) is 4.13. The number of rotatable bonds is 7. The Morgan fingerprint density at radius 1 is 1.41 bits per heavy atom. The molecule has 1 fully saturated rings. The van der Waals surface area contributed by atoms with E-state index in [0.717, 1.165) is 24.4 Å². The maximum atomic E-state index is 12.0. The van der Waals surface area contributed by atoms with E-state index in [0.29, 0.717) is 19.5 Å². The summed E-state index contributed by atoms with van der Waals surface area (Å²) in [5.74, 6) is 0.841. The molecule has 0 unspecified atom stereocenters. The second kappa shape index (κ2) is 7.76. The van der Waals surface area contributed by atoms with Gasteiger partial charge in [0.15, 0.2) is 0 Å². The first kappa shape index (κ1) is 17.0. The molecule has 5 nitrogen and oxygen atoms in total. The van der Waals surface area contributed by atoms with Crippen molar-refractivity contribution in [1.29, 1.82) is 0 Å². The summed E-state index contributed by atoms with van der Waals surface area (Å²) in [6.45, 7) is 4.40. The molecule has 0 amide bonds. The maximum absolute atomic E-state index is 12.0. The Morgan fingerprint density at radius 2 is 2.18 bits per heavy atom. The summed E-state index contributed by atoms with van der Waals surface area (Å²) < 4.78 is 31.9. The quantitative estimate of drug-likeness (QED) is 0.830. The highest BCUT2D eigenvalue weighted by Crippen LogP contribution is 2.19. The summed E-state index contributed by atoms with van der Waals surface area (Å²) in [5, 5.41) is -0.299. The molecule has 1 aromatic rings. The first-order chi connectivity index (χ1) is 10.6. The van der Waals surface area contributed by atoms with Gasteiger partial charge in [-0.15, -0.1) is 0 Å². The van der Waals surface area contributed by atoms with Crippen LogP contribution in [0.4, 0.5) is 0 Å². The van der Waals surface area contributed by atoms with E-state index >= 15 is 0 Å². The van der Waals surface area contributed by atoms with Crippen molar-refractivity contribution in [3.8, 4) is 5.75 Å². The lowest BCUT2D eigenvalue weighted by Crippen LogP contribution is -2.36. The number of nitrogens with zero attached hydrogens (tertiary/aromatic N) is 1. The lowest BCUT2D eigenvalue weighted by molar-refractivity contribution is 0.377. The third-order valence-electron chi connectivity index (χ3n) is 3.81. The zero-order chi connectivity index (χ0) is 16.0. The summed E-state index contributed by atoms with van der Waals surface area (Å²) in [6.07, 6.45) is 4.77. The van der Waals surface area contributed by atoms with Crippen molar-refractivity contribution < 1.29 is 13.2 Å². The van der Waals surface area contributed by atoms with Crippen LogP contribution in [0.15, 0.2) is 30.3 Å². The van der Waals surface area contributed by atoms with Crippen LogP contribution in [-0.2, 0) is 10.0 Å². The first-order valence-corrected chi connectivity index (χ1v) is 9.12. The van der Waals surface area contributed by atoms with Gasteiger partial charge in [0.05, 0.1) is 12.4 Å². The van der Waals surface area contributed by atoms with Gasteiger partial charge in [-0.05, 0) is 19.0 Å². The van der Waals surface area contributed by atoms with Crippen molar-refractivity contribution in [1.82, 2.24) is 9.62 Å². The summed E-state index contributed by atoms with van der Waals surface area (Å²) >= 11 is 0. The summed E-state index contributed by atoms with van der Waals surface area (Å²) in [6, 6.07) is 7.83. The highest BCUT2D eigenvalue weighted by Gasteiger charge is 2.31. The highest BCUT2D eigenvalue weighted by atomic mass is 32.2. The monoisotopic (exact) mass is 324 g/mol. The SMILES string of the molecule is CCNS(=O)(=O)[C@H]1CCN(C/C=C/c2ccccc2OC)C1. The van der Waals surface area contributed by atoms with E-state index in [-0.39, 0.29) is 5.25 Å². The molecule has 0 radical (unpaired) electrons. The second-order valence-corrected chi connectivity index (χ2v) is 7.40. The van der Waals surface area contributed by atoms with Gasteiger partial charge in [0.2, 0.25) is 10.0 Å². The van der Waals surface area contributed by atoms with Gasteiger partial charge < -0.3 is 4.74 Å². The van der Waals surface area contributed by atoms with Gasteiger partial charge in [0, 0.05) is 25.2 Å². The Bertz CT molecular complexity index is 614. The standard InChI is InChI=1S/C16H24N2O3S/c1-3-17-22(19,20)15-10-12-18(13-15)11-6-8-14-7-4-5-9-16(14)21-2/h4-9,15,17H,3,10-13H2,1-2H3/b8-6+/t15-/m0/s1. The Morgan fingerprint density at radius 3 is 2.91 bits per heavy atom. The van der Waals surface area contributed by atoms with E-state index < -0.39 is 10.0 Å². The van der Waals surface area contributed by atoms with Crippen LogP contribution in [0.25, 0.3) is 6.08 Å². The minimum Gasteiger partial charge on any atom is -0.496 e. The van der Waals surface area contributed by atoms with Crippen LogP contribution in [-0.4, -0.2) is 51.9 Å². The van der Waals surface area contributed by atoms with E-state index in [2.05, 4.69) is 15.7 Å². The molecule has 0 saturated carbocycles. The van der Waals surface area contributed by atoms with Gasteiger partial charge in [-0.2, -0.15) is 0 Å².